The van der Waals surface area contributed by atoms with Crippen molar-refractivity contribution in [1.82, 2.24) is 0 Å². The van der Waals surface area contributed by atoms with Gasteiger partial charge in [-0.1, -0.05) is 19.8 Å². The van der Waals surface area contributed by atoms with Crippen molar-refractivity contribution < 1.29 is 15.6 Å². The molecule has 0 aromatic heterocycles. The normalized spacial score (nSPS) is 13.0. The molecule has 0 rings (SSSR count). The van der Waals surface area contributed by atoms with Gasteiger partial charge in [0.15, 0.2) is 0 Å². The largest absolute Gasteiger partial charge is 0.481 e. The molecule has 3 heteroatoms. The van der Waals surface area contributed by atoms with Crippen LogP contribution in [0.4, 0.5) is 0 Å². The molecular formula is C7H16NO2+. The summed E-state index contributed by atoms with van der Waals surface area (Å²) in [6.07, 6.45) is 2.82. The van der Waals surface area contributed by atoms with Gasteiger partial charge in [0.05, 0.1) is 6.54 Å². The zero-order valence-corrected chi connectivity index (χ0v) is 6.47. The summed E-state index contributed by atoms with van der Waals surface area (Å²) in [4.78, 5) is 10.4. The van der Waals surface area contributed by atoms with Crippen LogP contribution in [0, 0.1) is 5.92 Å². The van der Waals surface area contributed by atoms with Gasteiger partial charge in [-0.15, -0.1) is 0 Å². The highest BCUT2D eigenvalue weighted by molar-refractivity contribution is 5.69. The third-order valence-corrected chi connectivity index (χ3v) is 1.60. The standard InChI is InChI=1S/C7H15NO2/c1-2-3-4-6(5-8)7(9)10/h6H,2-5,8H2,1H3,(H,9,10)/p+1. The van der Waals surface area contributed by atoms with Crippen LogP contribution < -0.4 is 5.73 Å². The van der Waals surface area contributed by atoms with Crippen LogP contribution in [0.5, 0.6) is 0 Å². The van der Waals surface area contributed by atoms with Crippen LogP contribution in [-0.4, -0.2) is 17.6 Å². The smallest absolute Gasteiger partial charge is 0.312 e. The number of carboxylic acid groups (broad SMARTS) is 1. The molecule has 0 bridgehead atoms. The van der Waals surface area contributed by atoms with Gasteiger partial charge in [0.2, 0.25) is 0 Å². The quantitative estimate of drug-likeness (QED) is 0.578. The molecule has 0 heterocycles. The second kappa shape index (κ2) is 5.23. The first-order chi connectivity index (χ1) is 4.72. The van der Waals surface area contributed by atoms with Crippen LogP contribution in [0.1, 0.15) is 26.2 Å². The first-order valence-corrected chi connectivity index (χ1v) is 3.74. The molecular weight excluding hydrogens is 130 g/mol. The summed E-state index contributed by atoms with van der Waals surface area (Å²) in [5.74, 6) is -0.927. The number of rotatable bonds is 5. The molecule has 0 aliphatic heterocycles. The number of carboxylic acids is 1. The molecule has 1 unspecified atom stereocenters. The average Bonchev–Trinajstić information content (AvgIpc) is 1.89. The molecule has 3 nitrogen and oxygen atoms in total. The lowest BCUT2D eigenvalue weighted by Crippen LogP contribution is -2.55. The van der Waals surface area contributed by atoms with E-state index in [0.717, 1.165) is 19.3 Å². The number of aliphatic carboxylic acids is 1. The van der Waals surface area contributed by atoms with Gasteiger partial charge in [0.1, 0.15) is 5.92 Å². The minimum Gasteiger partial charge on any atom is -0.481 e. The summed E-state index contributed by atoms with van der Waals surface area (Å²) < 4.78 is 0. The van der Waals surface area contributed by atoms with Crippen LogP contribution in [0.15, 0.2) is 0 Å². The fourth-order valence-electron chi connectivity index (χ4n) is 0.842. The number of carbonyl (C=O) groups is 1. The lowest BCUT2D eigenvalue weighted by Gasteiger charge is -2.04. The van der Waals surface area contributed by atoms with Gasteiger partial charge >= 0.3 is 5.97 Å². The number of hydrogen-bond acceptors (Lipinski definition) is 1. The molecule has 0 saturated carbocycles. The van der Waals surface area contributed by atoms with Crippen LogP contribution in [0.2, 0.25) is 0 Å². The van der Waals surface area contributed by atoms with Crippen molar-refractivity contribution in [2.24, 2.45) is 5.92 Å². The summed E-state index contributed by atoms with van der Waals surface area (Å²) in [5, 5.41) is 8.56. The average molecular weight is 146 g/mol. The van der Waals surface area contributed by atoms with Gasteiger partial charge in [-0.25, -0.2) is 0 Å². The van der Waals surface area contributed by atoms with Gasteiger partial charge in [-0.2, -0.15) is 0 Å². The minimum atomic E-state index is -0.705. The first kappa shape index (κ1) is 9.43. The molecule has 0 aliphatic carbocycles. The highest BCUT2D eigenvalue weighted by atomic mass is 16.4. The maximum atomic E-state index is 10.4. The fourth-order valence-corrected chi connectivity index (χ4v) is 0.842. The van der Waals surface area contributed by atoms with Crippen molar-refractivity contribution >= 4 is 5.97 Å². The fraction of sp³-hybridized carbons (Fsp3) is 0.857. The lowest BCUT2D eigenvalue weighted by atomic mass is 10.0. The van der Waals surface area contributed by atoms with Crippen LogP contribution in [-0.2, 0) is 4.79 Å². The monoisotopic (exact) mass is 146 g/mol. The van der Waals surface area contributed by atoms with Crippen LogP contribution in [0.25, 0.3) is 0 Å². The van der Waals surface area contributed by atoms with Crippen LogP contribution >= 0.6 is 0 Å². The molecule has 0 aromatic rings. The predicted molar refractivity (Wildman–Crippen MR) is 38.4 cm³/mol. The van der Waals surface area contributed by atoms with E-state index in [0.29, 0.717) is 6.54 Å². The zero-order chi connectivity index (χ0) is 7.98. The van der Waals surface area contributed by atoms with E-state index in [2.05, 4.69) is 12.7 Å². The zero-order valence-electron chi connectivity index (χ0n) is 6.47. The highest BCUT2D eigenvalue weighted by Gasteiger charge is 2.15. The van der Waals surface area contributed by atoms with Crippen molar-refractivity contribution in [3.63, 3.8) is 0 Å². The second-order valence-electron chi connectivity index (χ2n) is 2.47. The Morgan fingerprint density at radius 1 is 1.70 bits per heavy atom. The van der Waals surface area contributed by atoms with Crippen molar-refractivity contribution in [2.45, 2.75) is 26.2 Å². The van der Waals surface area contributed by atoms with E-state index in [1.54, 1.807) is 0 Å². The van der Waals surface area contributed by atoms with Crippen molar-refractivity contribution in [3.05, 3.63) is 0 Å². The van der Waals surface area contributed by atoms with Crippen molar-refractivity contribution in [1.29, 1.82) is 0 Å². The number of quaternary nitrogens is 1. The molecule has 0 spiro atoms. The summed E-state index contributed by atoms with van der Waals surface area (Å²) in [6, 6.07) is 0. The Morgan fingerprint density at radius 2 is 2.30 bits per heavy atom. The molecule has 0 amide bonds. The van der Waals surface area contributed by atoms with E-state index >= 15 is 0 Å². The topological polar surface area (TPSA) is 64.9 Å². The van der Waals surface area contributed by atoms with Crippen LogP contribution in [0.3, 0.4) is 0 Å². The summed E-state index contributed by atoms with van der Waals surface area (Å²) in [5.41, 5.74) is 3.58. The molecule has 60 valence electrons. The van der Waals surface area contributed by atoms with Gasteiger partial charge in [-0.05, 0) is 6.42 Å². The second-order valence-corrected chi connectivity index (χ2v) is 2.47. The van der Waals surface area contributed by atoms with Gasteiger partial charge in [0, 0.05) is 0 Å². The van der Waals surface area contributed by atoms with Gasteiger partial charge in [-0.3, -0.25) is 4.79 Å². The van der Waals surface area contributed by atoms with Crippen molar-refractivity contribution in [2.75, 3.05) is 6.54 Å². The van der Waals surface area contributed by atoms with Gasteiger partial charge < -0.3 is 10.8 Å². The predicted octanol–water partition coefficient (Wildman–Crippen LogP) is 0.119. The number of hydrogen-bond donors (Lipinski definition) is 2. The Balaban J connectivity index is 3.50. The van der Waals surface area contributed by atoms with E-state index in [9.17, 15) is 4.79 Å². The minimum absolute atomic E-state index is 0.222. The molecule has 0 aromatic carbocycles. The Hall–Kier alpha value is -0.570. The SMILES string of the molecule is CCCCC(C[NH3+])C(=O)O. The maximum absolute atomic E-state index is 10.4. The Bertz CT molecular complexity index is 104. The molecule has 1 atom stereocenters. The van der Waals surface area contributed by atoms with E-state index < -0.39 is 5.97 Å². The molecule has 4 N–H and O–H groups in total. The lowest BCUT2D eigenvalue weighted by molar-refractivity contribution is -0.377. The molecule has 0 fully saturated rings. The van der Waals surface area contributed by atoms with E-state index in [-0.39, 0.29) is 5.92 Å². The number of unbranched alkanes of at least 4 members (excludes halogenated alkanes) is 1. The molecule has 0 aliphatic rings. The first-order valence-electron chi connectivity index (χ1n) is 3.74. The third-order valence-electron chi connectivity index (χ3n) is 1.60. The third kappa shape index (κ3) is 3.45. The summed E-state index contributed by atoms with van der Waals surface area (Å²) in [6.45, 7) is 2.57. The molecule has 0 saturated heterocycles. The van der Waals surface area contributed by atoms with E-state index in [1.807, 2.05) is 0 Å². The summed E-state index contributed by atoms with van der Waals surface area (Å²) >= 11 is 0. The Morgan fingerprint density at radius 3 is 2.60 bits per heavy atom. The highest BCUT2D eigenvalue weighted by Crippen LogP contribution is 2.05. The van der Waals surface area contributed by atoms with E-state index in [4.69, 9.17) is 5.11 Å². The molecule has 0 radical (unpaired) electrons. The molecule has 10 heavy (non-hydrogen) atoms. The van der Waals surface area contributed by atoms with Crippen molar-refractivity contribution in [3.8, 4) is 0 Å². The Labute approximate surface area is 61.2 Å². The maximum Gasteiger partial charge on any atom is 0.312 e. The Kier molecular flexibility index (Phi) is 4.94. The summed E-state index contributed by atoms with van der Waals surface area (Å²) in [7, 11) is 0. The van der Waals surface area contributed by atoms with E-state index in [1.165, 1.54) is 0 Å². The van der Waals surface area contributed by atoms with Gasteiger partial charge in [0.25, 0.3) is 0 Å².